The summed E-state index contributed by atoms with van der Waals surface area (Å²) >= 11 is 1.34. The molecule has 2 aromatic rings. The van der Waals surface area contributed by atoms with E-state index in [9.17, 15) is 18.8 Å². The number of rotatable bonds is 5. The summed E-state index contributed by atoms with van der Waals surface area (Å²) in [6.45, 7) is 1.55. The lowest BCUT2D eigenvalue weighted by molar-refractivity contribution is -0.119. The van der Waals surface area contributed by atoms with E-state index in [0.717, 1.165) is 35.8 Å². The minimum Gasteiger partial charge on any atom is -0.465 e. The summed E-state index contributed by atoms with van der Waals surface area (Å²) < 4.78 is 23.4. The van der Waals surface area contributed by atoms with Crippen molar-refractivity contribution in [2.75, 3.05) is 19.0 Å². The van der Waals surface area contributed by atoms with Gasteiger partial charge in [-0.05, 0) is 42.9 Å². The van der Waals surface area contributed by atoms with Crippen LogP contribution in [0.1, 0.15) is 44.5 Å². The number of thiophene rings is 1. The summed E-state index contributed by atoms with van der Waals surface area (Å²) in [4.78, 5) is 37.4. The van der Waals surface area contributed by atoms with E-state index in [0.29, 0.717) is 16.5 Å². The molecule has 1 aromatic carbocycles. The molecule has 0 spiro atoms. The normalized spacial score (nSPS) is 15.5. The Labute approximate surface area is 165 Å². The molecule has 1 atom stereocenters. The minimum absolute atomic E-state index is 0.244. The first kappa shape index (κ1) is 20.0. The molecule has 8 heteroatoms. The molecule has 0 saturated carbocycles. The second kappa shape index (κ2) is 8.52. The lowest BCUT2D eigenvalue weighted by atomic mass is 9.88. The van der Waals surface area contributed by atoms with Crippen LogP contribution in [0.15, 0.2) is 24.3 Å². The van der Waals surface area contributed by atoms with Crippen LogP contribution in [0.4, 0.5) is 9.39 Å². The van der Waals surface area contributed by atoms with Gasteiger partial charge in [0.2, 0.25) is 0 Å². The van der Waals surface area contributed by atoms with Gasteiger partial charge in [-0.3, -0.25) is 4.79 Å². The van der Waals surface area contributed by atoms with Crippen LogP contribution >= 0.6 is 11.3 Å². The lowest BCUT2D eigenvalue weighted by Gasteiger charge is -2.18. The molecule has 1 aliphatic carbocycles. The average Bonchev–Trinajstić information content (AvgIpc) is 3.02. The highest BCUT2D eigenvalue weighted by Crippen LogP contribution is 2.40. The third-order valence-corrected chi connectivity index (χ3v) is 5.75. The van der Waals surface area contributed by atoms with E-state index in [4.69, 9.17) is 9.47 Å². The molecule has 28 heavy (non-hydrogen) atoms. The van der Waals surface area contributed by atoms with Gasteiger partial charge in [0.15, 0.2) is 6.61 Å². The summed E-state index contributed by atoms with van der Waals surface area (Å²) in [5.41, 5.74) is 1.03. The number of hydrogen-bond donors (Lipinski definition) is 1. The summed E-state index contributed by atoms with van der Waals surface area (Å²) in [7, 11) is 1.29. The standard InChI is InChI=1S/C20H20FNO5S/c1-11-7-8-13-15(9-11)28-18(17(13)20(25)26-2)22-16(23)10-27-19(24)12-5-3-4-6-14(12)21/h3-6,11H,7-10H2,1-2H3,(H,22,23)/t11-/m1/s1. The Morgan fingerprint density at radius 2 is 2.00 bits per heavy atom. The number of fused-ring (bicyclic) bond motifs is 1. The molecular weight excluding hydrogens is 385 g/mol. The van der Waals surface area contributed by atoms with Gasteiger partial charge in [0, 0.05) is 4.88 Å². The third kappa shape index (κ3) is 4.22. The summed E-state index contributed by atoms with van der Waals surface area (Å²) in [5, 5.41) is 3.01. The average molecular weight is 405 g/mol. The molecule has 1 N–H and O–H groups in total. The maximum Gasteiger partial charge on any atom is 0.341 e. The number of anilines is 1. The number of ether oxygens (including phenoxy) is 2. The first-order valence-corrected chi connectivity index (χ1v) is 9.66. The van der Waals surface area contributed by atoms with Crippen molar-refractivity contribution in [1.82, 2.24) is 0 Å². The van der Waals surface area contributed by atoms with Gasteiger partial charge >= 0.3 is 11.9 Å². The Morgan fingerprint density at radius 3 is 2.71 bits per heavy atom. The molecule has 1 aromatic heterocycles. The van der Waals surface area contributed by atoms with Gasteiger partial charge in [0.1, 0.15) is 10.8 Å². The molecule has 0 bridgehead atoms. The lowest BCUT2D eigenvalue weighted by Crippen LogP contribution is -2.22. The van der Waals surface area contributed by atoms with Crippen LogP contribution in [0, 0.1) is 11.7 Å². The van der Waals surface area contributed by atoms with Gasteiger partial charge in [-0.15, -0.1) is 11.3 Å². The largest absolute Gasteiger partial charge is 0.465 e. The fraction of sp³-hybridized carbons (Fsp3) is 0.350. The van der Waals surface area contributed by atoms with Crippen LogP contribution in [0.2, 0.25) is 0 Å². The number of hydrogen-bond acceptors (Lipinski definition) is 6. The van der Waals surface area contributed by atoms with Gasteiger partial charge < -0.3 is 14.8 Å². The number of carbonyl (C=O) groups excluding carboxylic acids is 3. The molecule has 0 aliphatic heterocycles. The zero-order valence-electron chi connectivity index (χ0n) is 15.5. The Bertz CT molecular complexity index is 923. The zero-order chi connectivity index (χ0) is 20.3. The van der Waals surface area contributed by atoms with Crippen molar-refractivity contribution in [2.24, 2.45) is 5.92 Å². The van der Waals surface area contributed by atoms with Crippen LogP contribution in [0.25, 0.3) is 0 Å². The van der Waals surface area contributed by atoms with Crippen molar-refractivity contribution in [3.05, 3.63) is 51.7 Å². The van der Waals surface area contributed by atoms with E-state index in [1.165, 1.54) is 36.6 Å². The van der Waals surface area contributed by atoms with Crippen LogP contribution in [0.5, 0.6) is 0 Å². The second-order valence-corrected chi connectivity index (χ2v) is 7.76. The van der Waals surface area contributed by atoms with Gasteiger partial charge in [-0.1, -0.05) is 19.1 Å². The van der Waals surface area contributed by atoms with Crippen molar-refractivity contribution >= 4 is 34.2 Å². The van der Waals surface area contributed by atoms with E-state index < -0.39 is 30.3 Å². The van der Waals surface area contributed by atoms with Crippen molar-refractivity contribution < 1.29 is 28.2 Å². The van der Waals surface area contributed by atoms with E-state index in [2.05, 4.69) is 12.2 Å². The first-order valence-electron chi connectivity index (χ1n) is 8.85. The van der Waals surface area contributed by atoms with Gasteiger partial charge in [0.25, 0.3) is 5.91 Å². The predicted octanol–water partition coefficient (Wildman–Crippen LogP) is 3.59. The number of benzene rings is 1. The van der Waals surface area contributed by atoms with E-state index >= 15 is 0 Å². The Kier molecular flexibility index (Phi) is 6.08. The molecule has 3 rings (SSSR count). The number of nitrogens with one attached hydrogen (secondary N) is 1. The number of esters is 2. The Morgan fingerprint density at radius 1 is 1.25 bits per heavy atom. The van der Waals surface area contributed by atoms with Crippen LogP contribution in [-0.2, 0) is 27.1 Å². The molecular formula is C20H20FNO5S. The van der Waals surface area contributed by atoms with E-state index in [1.54, 1.807) is 0 Å². The van der Waals surface area contributed by atoms with E-state index in [-0.39, 0.29) is 5.56 Å². The Hall–Kier alpha value is -2.74. The minimum atomic E-state index is -0.930. The third-order valence-electron chi connectivity index (χ3n) is 4.58. The SMILES string of the molecule is COC(=O)c1c(NC(=O)COC(=O)c2ccccc2F)sc2c1CC[C@@H](C)C2. The fourth-order valence-electron chi connectivity index (χ4n) is 3.16. The molecule has 1 aliphatic rings. The fourth-order valence-corrected chi connectivity index (χ4v) is 4.57. The van der Waals surface area contributed by atoms with Crippen molar-refractivity contribution in [3.63, 3.8) is 0 Å². The molecule has 1 amide bonds. The smallest absolute Gasteiger partial charge is 0.341 e. The van der Waals surface area contributed by atoms with Crippen molar-refractivity contribution in [2.45, 2.75) is 26.2 Å². The summed E-state index contributed by atoms with van der Waals surface area (Å²) in [5.74, 6) is -2.27. The molecule has 6 nitrogen and oxygen atoms in total. The van der Waals surface area contributed by atoms with Gasteiger partial charge in [-0.25, -0.2) is 14.0 Å². The van der Waals surface area contributed by atoms with Crippen LogP contribution in [0.3, 0.4) is 0 Å². The number of methoxy groups -OCH3 is 1. The maximum atomic E-state index is 13.6. The van der Waals surface area contributed by atoms with Gasteiger partial charge in [-0.2, -0.15) is 0 Å². The molecule has 0 radical (unpaired) electrons. The monoisotopic (exact) mass is 405 g/mol. The predicted molar refractivity (Wildman–Crippen MR) is 102 cm³/mol. The molecule has 0 saturated heterocycles. The van der Waals surface area contributed by atoms with Gasteiger partial charge in [0.05, 0.1) is 18.2 Å². The van der Waals surface area contributed by atoms with Crippen molar-refractivity contribution in [3.8, 4) is 0 Å². The second-order valence-electron chi connectivity index (χ2n) is 6.65. The number of amides is 1. The quantitative estimate of drug-likeness (QED) is 0.769. The maximum absolute atomic E-state index is 13.6. The highest BCUT2D eigenvalue weighted by atomic mass is 32.1. The highest BCUT2D eigenvalue weighted by Gasteiger charge is 2.29. The van der Waals surface area contributed by atoms with Crippen LogP contribution in [-0.4, -0.2) is 31.6 Å². The molecule has 1 heterocycles. The number of carbonyl (C=O) groups is 3. The highest BCUT2D eigenvalue weighted by molar-refractivity contribution is 7.17. The van der Waals surface area contributed by atoms with Crippen LogP contribution < -0.4 is 5.32 Å². The van der Waals surface area contributed by atoms with Crippen molar-refractivity contribution in [1.29, 1.82) is 0 Å². The van der Waals surface area contributed by atoms with E-state index in [1.807, 2.05) is 0 Å². The number of halogens is 1. The first-order chi connectivity index (χ1) is 13.4. The molecule has 0 fully saturated rings. The summed E-state index contributed by atoms with van der Waals surface area (Å²) in [6.07, 6.45) is 2.54. The molecule has 0 unspecified atom stereocenters. The summed E-state index contributed by atoms with van der Waals surface area (Å²) in [6, 6.07) is 5.36. The molecule has 148 valence electrons. The zero-order valence-corrected chi connectivity index (χ0v) is 16.4. The topological polar surface area (TPSA) is 81.7 Å². The Balaban J connectivity index is 1.71.